The summed E-state index contributed by atoms with van der Waals surface area (Å²) in [5.74, 6) is 0.179. The molecule has 0 aromatic heterocycles. The number of ether oxygens (including phenoxy) is 3. The molecule has 1 aromatic rings. The Bertz CT molecular complexity index is 678. The molecule has 1 amide bonds. The van der Waals surface area contributed by atoms with E-state index < -0.39 is 11.6 Å². The van der Waals surface area contributed by atoms with E-state index in [2.05, 4.69) is 5.32 Å². The van der Waals surface area contributed by atoms with Crippen molar-refractivity contribution < 1.29 is 23.8 Å². The monoisotopic (exact) mass is 405 g/mol. The van der Waals surface area contributed by atoms with Crippen molar-refractivity contribution in [3.8, 4) is 5.75 Å². The lowest BCUT2D eigenvalue weighted by molar-refractivity contribution is -0.143. The Labute approximate surface area is 174 Å². The average Bonchev–Trinajstić information content (AvgIpc) is 2.94. The molecule has 1 N–H and O–H groups in total. The van der Waals surface area contributed by atoms with E-state index in [1.165, 1.54) is 0 Å². The number of anilines is 1. The van der Waals surface area contributed by atoms with Crippen LogP contribution in [0, 0.1) is 5.92 Å². The standard InChI is InChI=1S/C23H35NO5/c1-5-27-21(25)19-15-18(11-12-20(19)28-16-17(3)4)24-22(26)23(29-6-2)13-9-7-8-10-14-23/h11-12,15,17H,5-10,13-14,16H2,1-4H3,(H,24,26). The topological polar surface area (TPSA) is 73.9 Å². The van der Waals surface area contributed by atoms with Gasteiger partial charge in [-0.15, -0.1) is 0 Å². The van der Waals surface area contributed by atoms with Crippen molar-refractivity contribution in [1.82, 2.24) is 0 Å². The lowest BCUT2D eigenvalue weighted by Gasteiger charge is -2.31. The van der Waals surface area contributed by atoms with Crippen LogP contribution in [-0.2, 0) is 14.3 Å². The molecule has 0 atom stereocenters. The number of amides is 1. The summed E-state index contributed by atoms with van der Waals surface area (Å²) in [6.45, 7) is 9.01. The molecule has 0 saturated heterocycles. The molecule has 0 unspecified atom stereocenters. The highest BCUT2D eigenvalue weighted by Crippen LogP contribution is 2.33. The van der Waals surface area contributed by atoms with E-state index in [9.17, 15) is 9.59 Å². The molecule has 1 aliphatic carbocycles. The van der Waals surface area contributed by atoms with Gasteiger partial charge < -0.3 is 19.5 Å². The second kappa shape index (κ2) is 11.2. The van der Waals surface area contributed by atoms with E-state index in [-0.39, 0.29) is 12.5 Å². The van der Waals surface area contributed by atoms with Crippen LogP contribution in [0.3, 0.4) is 0 Å². The first-order valence-electron chi connectivity index (χ1n) is 10.8. The van der Waals surface area contributed by atoms with E-state index in [1.54, 1.807) is 25.1 Å². The van der Waals surface area contributed by atoms with Crippen LogP contribution in [0.25, 0.3) is 0 Å². The highest BCUT2D eigenvalue weighted by atomic mass is 16.5. The maximum atomic E-state index is 13.2. The Morgan fingerprint density at radius 1 is 1.07 bits per heavy atom. The second-order valence-corrected chi connectivity index (χ2v) is 7.93. The quantitative estimate of drug-likeness (QED) is 0.464. The first kappa shape index (κ1) is 23.2. The first-order valence-corrected chi connectivity index (χ1v) is 10.8. The van der Waals surface area contributed by atoms with Crippen LogP contribution in [0.1, 0.15) is 76.6 Å². The summed E-state index contributed by atoms with van der Waals surface area (Å²) in [7, 11) is 0. The highest BCUT2D eigenvalue weighted by Gasteiger charge is 2.39. The van der Waals surface area contributed by atoms with Crippen LogP contribution in [0.4, 0.5) is 5.69 Å². The Morgan fingerprint density at radius 3 is 2.34 bits per heavy atom. The molecule has 0 aliphatic heterocycles. The number of nitrogens with one attached hydrogen (secondary N) is 1. The SMILES string of the molecule is CCOC(=O)c1cc(NC(=O)C2(OCC)CCCCCC2)ccc1OCC(C)C. The van der Waals surface area contributed by atoms with Gasteiger partial charge >= 0.3 is 5.97 Å². The fourth-order valence-corrected chi connectivity index (χ4v) is 3.62. The van der Waals surface area contributed by atoms with E-state index >= 15 is 0 Å². The minimum absolute atomic E-state index is 0.146. The fourth-order valence-electron chi connectivity index (χ4n) is 3.62. The molecule has 0 bridgehead atoms. The molecular formula is C23H35NO5. The van der Waals surface area contributed by atoms with Crippen LogP contribution >= 0.6 is 0 Å². The lowest BCUT2D eigenvalue weighted by atomic mass is 9.92. The van der Waals surface area contributed by atoms with Crippen molar-refractivity contribution in [3.05, 3.63) is 23.8 Å². The van der Waals surface area contributed by atoms with Crippen LogP contribution in [0.15, 0.2) is 18.2 Å². The lowest BCUT2D eigenvalue weighted by Crippen LogP contribution is -2.45. The van der Waals surface area contributed by atoms with Gasteiger partial charge in [0.2, 0.25) is 0 Å². The van der Waals surface area contributed by atoms with Gasteiger partial charge in [0.15, 0.2) is 0 Å². The summed E-state index contributed by atoms with van der Waals surface area (Å²) in [5, 5.41) is 2.97. The molecule has 29 heavy (non-hydrogen) atoms. The molecular weight excluding hydrogens is 370 g/mol. The third kappa shape index (κ3) is 6.46. The van der Waals surface area contributed by atoms with Gasteiger partial charge in [0, 0.05) is 12.3 Å². The minimum atomic E-state index is -0.803. The summed E-state index contributed by atoms with van der Waals surface area (Å²) >= 11 is 0. The molecule has 0 spiro atoms. The van der Waals surface area contributed by atoms with Crippen LogP contribution in [0.2, 0.25) is 0 Å². The molecule has 1 fully saturated rings. The largest absolute Gasteiger partial charge is 0.492 e. The van der Waals surface area contributed by atoms with Gasteiger partial charge in [0.25, 0.3) is 5.91 Å². The molecule has 1 aromatic carbocycles. The number of benzene rings is 1. The van der Waals surface area contributed by atoms with Crippen molar-refractivity contribution in [2.24, 2.45) is 5.92 Å². The van der Waals surface area contributed by atoms with Crippen molar-refractivity contribution in [2.45, 2.75) is 71.8 Å². The molecule has 6 nitrogen and oxygen atoms in total. The Hall–Kier alpha value is -2.08. The summed E-state index contributed by atoms with van der Waals surface area (Å²) < 4.78 is 16.9. The van der Waals surface area contributed by atoms with Crippen LogP contribution < -0.4 is 10.1 Å². The second-order valence-electron chi connectivity index (χ2n) is 7.93. The van der Waals surface area contributed by atoms with E-state index in [0.29, 0.717) is 49.0 Å². The predicted octanol–water partition coefficient (Wildman–Crippen LogP) is 4.97. The van der Waals surface area contributed by atoms with Crippen molar-refractivity contribution in [2.75, 3.05) is 25.1 Å². The number of esters is 1. The van der Waals surface area contributed by atoms with E-state index in [1.807, 2.05) is 20.8 Å². The van der Waals surface area contributed by atoms with Crippen LogP contribution in [-0.4, -0.2) is 37.3 Å². The zero-order valence-electron chi connectivity index (χ0n) is 18.2. The Kier molecular flexibility index (Phi) is 8.96. The van der Waals surface area contributed by atoms with Gasteiger partial charge in [-0.05, 0) is 50.8 Å². The summed E-state index contributed by atoms with van der Waals surface area (Å²) in [4.78, 5) is 25.6. The van der Waals surface area contributed by atoms with Gasteiger partial charge in [-0.3, -0.25) is 4.79 Å². The molecule has 6 heteroatoms. The summed E-state index contributed by atoms with van der Waals surface area (Å²) in [6.07, 6.45) is 5.63. The number of carbonyl (C=O) groups excluding carboxylic acids is 2. The molecule has 1 aliphatic rings. The van der Waals surface area contributed by atoms with E-state index in [4.69, 9.17) is 14.2 Å². The summed E-state index contributed by atoms with van der Waals surface area (Å²) in [6, 6.07) is 5.10. The van der Waals surface area contributed by atoms with Gasteiger partial charge in [-0.1, -0.05) is 39.5 Å². The van der Waals surface area contributed by atoms with Crippen molar-refractivity contribution in [1.29, 1.82) is 0 Å². The van der Waals surface area contributed by atoms with E-state index in [0.717, 1.165) is 25.7 Å². The number of carbonyl (C=O) groups is 2. The zero-order chi connectivity index (χ0) is 21.3. The Balaban J connectivity index is 2.24. The molecule has 162 valence electrons. The zero-order valence-corrected chi connectivity index (χ0v) is 18.2. The van der Waals surface area contributed by atoms with Crippen molar-refractivity contribution >= 4 is 17.6 Å². The fraction of sp³-hybridized carbons (Fsp3) is 0.652. The number of hydrogen-bond donors (Lipinski definition) is 1. The molecule has 1 saturated carbocycles. The predicted molar refractivity (Wildman–Crippen MR) is 113 cm³/mol. The van der Waals surface area contributed by atoms with Gasteiger partial charge in [-0.2, -0.15) is 0 Å². The van der Waals surface area contributed by atoms with Crippen LogP contribution in [0.5, 0.6) is 5.75 Å². The molecule has 0 radical (unpaired) electrons. The Morgan fingerprint density at radius 2 is 1.76 bits per heavy atom. The number of hydrogen-bond acceptors (Lipinski definition) is 5. The normalized spacial score (nSPS) is 16.2. The van der Waals surface area contributed by atoms with Gasteiger partial charge in [0.05, 0.1) is 13.2 Å². The highest BCUT2D eigenvalue weighted by molar-refractivity contribution is 5.99. The smallest absolute Gasteiger partial charge is 0.341 e. The first-order chi connectivity index (χ1) is 13.9. The molecule has 0 heterocycles. The minimum Gasteiger partial charge on any atom is -0.492 e. The van der Waals surface area contributed by atoms with Crippen molar-refractivity contribution in [3.63, 3.8) is 0 Å². The molecule has 2 rings (SSSR count). The summed E-state index contributed by atoms with van der Waals surface area (Å²) in [5.41, 5.74) is 0.0530. The third-order valence-corrected chi connectivity index (χ3v) is 5.05. The average molecular weight is 406 g/mol. The maximum Gasteiger partial charge on any atom is 0.341 e. The number of rotatable bonds is 9. The van der Waals surface area contributed by atoms with Gasteiger partial charge in [-0.25, -0.2) is 4.79 Å². The van der Waals surface area contributed by atoms with Gasteiger partial charge in [0.1, 0.15) is 16.9 Å². The third-order valence-electron chi connectivity index (χ3n) is 5.05. The maximum absolute atomic E-state index is 13.2.